The quantitative estimate of drug-likeness (QED) is 0.163. The number of amides is 2. The summed E-state index contributed by atoms with van der Waals surface area (Å²) in [6.07, 6.45) is -1.01. The van der Waals surface area contributed by atoms with Crippen LogP contribution in [0.1, 0.15) is 35.2 Å². The number of benzene rings is 2. The number of nitrogens with one attached hydrogen (secondary N) is 2. The van der Waals surface area contributed by atoms with Gasteiger partial charge in [0.15, 0.2) is 5.82 Å². The number of nitrogens with zero attached hydrogens (tertiary/aromatic N) is 4. The predicted octanol–water partition coefficient (Wildman–Crippen LogP) is 2.97. The second-order valence-corrected chi connectivity index (χ2v) is 10.5. The number of aryl methyl sites for hydroxylation is 1. The number of carbonyl (C=O) groups excluding carboxylic acids is 1. The molecule has 0 bridgehead atoms. The van der Waals surface area contributed by atoms with Crippen molar-refractivity contribution in [2.45, 2.75) is 19.4 Å². The normalized spacial score (nSPS) is 13.7. The molecule has 3 N–H and O–H groups in total. The number of carboxylic acid groups (broad SMARTS) is 1. The molecule has 2 amide bonds. The van der Waals surface area contributed by atoms with Crippen LogP contribution in [-0.2, 0) is 23.7 Å². The van der Waals surface area contributed by atoms with Crippen molar-refractivity contribution in [2.75, 3.05) is 73.1 Å². The molecular formula is C31H39ClN6O8. The number of aliphatic imine (C=N–C) groups is 1. The van der Waals surface area contributed by atoms with Gasteiger partial charge in [0.1, 0.15) is 17.6 Å². The van der Waals surface area contributed by atoms with E-state index in [1.54, 1.807) is 19.2 Å². The van der Waals surface area contributed by atoms with Gasteiger partial charge in [0.2, 0.25) is 5.91 Å². The number of fused-ring (bicyclic) bond motifs is 3. The summed E-state index contributed by atoms with van der Waals surface area (Å²) < 4.78 is 29.1. The number of rotatable bonds is 19. The van der Waals surface area contributed by atoms with Gasteiger partial charge in [-0.05, 0) is 37.3 Å². The number of aromatic nitrogens is 3. The molecule has 0 radical (unpaired) electrons. The van der Waals surface area contributed by atoms with Gasteiger partial charge >= 0.3 is 6.09 Å². The molecule has 4 rings (SSSR count). The topological polar surface area (TPSA) is 168 Å². The molecule has 1 aliphatic heterocycles. The van der Waals surface area contributed by atoms with Gasteiger partial charge in [0.25, 0.3) is 0 Å². The summed E-state index contributed by atoms with van der Waals surface area (Å²) in [7, 11) is 1.61. The summed E-state index contributed by atoms with van der Waals surface area (Å²) in [6.45, 7) is 5.37. The molecule has 1 aliphatic rings. The fourth-order valence-electron chi connectivity index (χ4n) is 4.68. The van der Waals surface area contributed by atoms with E-state index in [-0.39, 0.29) is 25.5 Å². The van der Waals surface area contributed by atoms with E-state index < -0.39 is 12.1 Å². The van der Waals surface area contributed by atoms with E-state index in [9.17, 15) is 9.59 Å². The molecule has 46 heavy (non-hydrogen) atoms. The maximum atomic E-state index is 13.1. The Morgan fingerprint density at radius 3 is 2.09 bits per heavy atom. The van der Waals surface area contributed by atoms with Gasteiger partial charge in [-0.3, -0.25) is 14.4 Å². The number of hydrogen-bond acceptors (Lipinski definition) is 10. The van der Waals surface area contributed by atoms with E-state index in [0.717, 1.165) is 16.8 Å². The lowest BCUT2D eigenvalue weighted by Crippen LogP contribution is -2.29. The lowest BCUT2D eigenvalue weighted by atomic mass is 10.00. The van der Waals surface area contributed by atoms with Crippen LogP contribution >= 0.6 is 11.6 Å². The van der Waals surface area contributed by atoms with Crippen molar-refractivity contribution < 1.29 is 38.4 Å². The molecule has 15 heteroatoms. The van der Waals surface area contributed by atoms with Gasteiger partial charge in [-0.15, -0.1) is 10.2 Å². The number of hydrogen-bond donors (Lipinski definition) is 3. The Labute approximate surface area is 272 Å². The molecule has 2 heterocycles. The smallest absolute Gasteiger partial charge is 0.404 e. The Bertz CT molecular complexity index is 1470. The van der Waals surface area contributed by atoms with E-state index >= 15 is 0 Å². The highest BCUT2D eigenvalue weighted by molar-refractivity contribution is 6.30. The first-order valence-electron chi connectivity index (χ1n) is 14.9. The number of methoxy groups -OCH3 is 1. The SMILES string of the molecule is COc1ccc2c(c1)C(c1ccc(Cl)cc1)=N[C@@H](CC(=O)NCCOCCOCCOCCOCCNC(=O)O)c1nnc(C)n1-2. The minimum atomic E-state index is -1.08. The van der Waals surface area contributed by atoms with Crippen LogP contribution in [0.5, 0.6) is 5.75 Å². The predicted molar refractivity (Wildman–Crippen MR) is 169 cm³/mol. The summed E-state index contributed by atoms with van der Waals surface area (Å²) in [5.41, 5.74) is 3.21. The first-order valence-corrected chi connectivity index (χ1v) is 15.2. The molecule has 0 spiro atoms. The Hall–Kier alpha value is -4.08. The highest BCUT2D eigenvalue weighted by Crippen LogP contribution is 2.34. The zero-order chi connectivity index (χ0) is 32.7. The monoisotopic (exact) mass is 658 g/mol. The van der Waals surface area contributed by atoms with Crippen molar-refractivity contribution in [1.82, 2.24) is 25.4 Å². The molecule has 248 valence electrons. The second-order valence-electron chi connectivity index (χ2n) is 10.1. The molecule has 14 nitrogen and oxygen atoms in total. The zero-order valence-electron chi connectivity index (χ0n) is 25.9. The fraction of sp³-hybridized carbons (Fsp3) is 0.452. The van der Waals surface area contributed by atoms with Crippen molar-refractivity contribution in [2.24, 2.45) is 4.99 Å². The van der Waals surface area contributed by atoms with Crippen molar-refractivity contribution in [3.63, 3.8) is 0 Å². The fourth-order valence-corrected chi connectivity index (χ4v) is 4.81. The Morgan fingerprint density at radius 1 is 0.870 bits per heavy atom. The number of carbonyl (C=O) groups is 2. The molecule has 0 unspecified atom stereocenters. The molecule has 3 aromatic rings. The van der Waals surface area contributed by atoms with Gasteiger partial charge in [0, 0.05) is 29.2 Å². The molecule has 0 fully saturated rings. The third-order valence-corrected chi connectivity index (χ3v) is 7.09. The minimum Gasteiger partial charge on any atom is -0.497 e. The van der Waals surface area contributed by atoms with Gasteiger partial charge < -0.3 is 39.4 Å². The maximum absolute atomic E-state index is 13.1. The minimum absolute atomic E-state index is 0.0632. The molecule has 1 atom stereocenters. The zero-order valence-corrected chi connectivity index (χ0v) is 26.6. The van der Waals surface area contributed by atoms with Crippen LogP contribution < -0.4 is 15.4 Å². The highest BCUT2D eigenvalue weighted by Gasteiger charge is 2.30. The average molecular weight is 659 g/mol. The van der Waals surface area contributed by atoms with Crippen molar-refractivity contribution in [1.29, 1.82) is 0 Å². The van der Waals surface area contributed by atoms with Crippen LogP contribution in [0.2, 0.25) is 5.02 Å². The Kier molecular flexibility index (Phi) is 13.7. The lowest BCUT2D eigenvalue weighted by Gasteiger charge is -2.14. The van der Waals surface area contributed by atoms with Crippen molar-refractivity contribution in [3.8, 4) is 11.4 Å². The summed E-state index contributed by atoms with van der Waals surface area (Å²) in [5, 5.41) is 22.9. The molecule has 0 aliphatic carbocycles. The maximum Gasteiger partial charge on any atom is 0.404 e. The summed E-state index contributed by atoms with van der Waals surface area (Å²) >= 11 is 6.17. The average Bonchev–Trinajstić information content (AvgIpc) is 3.37. The van der Waals surface area contributed by atoms with Crippen LogP contribution in [0, 0.1) is 6.92 Å². The third-order valence-electron chi connectivity index (χ3n) is 6.84. The molecule has 0 saturated carbocycles. The third kappa shape index (κ3) is 10.2. The van der Waals surface area contributed by atoms with Crippen LogP contribution in [-0.4, -0.2) is 111 Å². The summed E-state index contributed by atoms with van der Waals surface area (Å²) in [6, 6.07) is 12.6. The Morgan fingerprint density at radius 2 is 1.48 bits per heavy atom. The molecule has 2 aromatic carbocycles. The summed E-state index contributed by atoms with van der Waals surface area (Å²) in [4.78, 5) is 28.4. The van der Waals surface area contributed by atoms with Gasteiger partial charge in [-0.2, -0.15) is 0 Å². The second kappa shape index (κ2) is 18.2. The number of halogens is 1. The van der Waals surface area contributed by atoms with E-state index in [4.69, 9.17) is 45.4 Å². The molecular weight excluding hydrogens is 620 g/mol. The van der Waals surface area contributed by atoms with Crippen LogP contribution in [0.3, 0.4) is 0 Å². The van der Waals surface area contributed by atoms with Crippen molar-refractivity contribution in [3.05, 3.63) is 70.3 Å². The van der Waals surface area contributed by atoms with Crippen LogP contribution in [0.15, 0.2) is 47.5 Å². The van der Waals surface area contributed by atoms with Gasteiger partial charge in [-0.1, -0.05) is 23.7 Å². The van der Waals surface area contributed by atoms with E-state index in [1.165, 1.54) is 0 Å². The standard InChI is InChI=1S/C31H39ClN6O8/c1-21-36-37-30-26(20-28(39)33-9-11-43-13-15-45-17-18-46-16-14-44-12-10-34-31(40)41)35-29(22-3-5-23(32)6-4-22)25-19-24(42-2)7-8-27(25)38(21)30/h3-8,19,26,34H,9-18,20H2,1-2H3,(H,33,39)(H,40,41)/t26-/m0/s1. The largest absolute Gasteiger partial charge is 0.497 e. The molecule has 0 saturated heterocycles. The van der Waals surface area contributed by atoms with Crippen LogP contribution in [0.25, 0.3) is 5.69 Å². The van der Waals surface area contributed by atoms with Crippen LogP contribution in [0.4, 0.5) is 4.79 Å². The summed E-state index contributed by atoms with van der Waals surface area (Å²) in [5.74, 6) is 1.73. The van der Waals surface area contributed by atoms with E-state index in [0.29, 0.717) is 80.9 Å². The first-order chi connectivity index (χ1) is 22.4. The van der Waals surface area contributed by atoms with Gasteiger partial charge in [-0.25, -0.2) is 4.79 Å². The molecule has 1 aromatic heterocycles. The number of ether oxygens (including phenoxy) is 5. The van der Waals surface area contributed by atoms with E-state index in [2.05, 4.69) is 20.8 Å². The highest BCUT2D eigenvalue weighted by atomic mass is 35.5. The lowest BCUT2D eigenvalue weighted by molar-refractivity contribution is -0.121. The Balaban J connectivity index is 1.23. The van der Waals surface area contributed by atoms with E-state index in [1.807, 2.05) is 41.8 Å². The van der Waals surface area contributed by atoms with Crippen molar-refractivity contribution >= 4 is 29.3 Å². The van der Waals surface area contributed by atoms with Gasteiger partial charge in [0.05, 0.1) is 77.8 Å². The first kappa shape index (κ1) is 34.8.